The van der Waals surface area contributed by atoms with Crippen LogP contribution in [0.15, 0.2) is 18.2 Å². The monoisotopic (exact) mass is 279 g/mol. The average Bonchev–Trinajstić information content (AvgIpc) is 2.34. The fraction of sp³-hybridized carbons (Fsp3) is 0.500. The van der Waals surface area contributed by atoms with Crippen molar-refractivity contribution in [2.45, 2.75) is 19.2 Å². The first-order valence-electron chi connectivity index (χ1n) is 5.65. The van der Waals surface area contributed by atoms with E-state index in [0.29, 0.717) is 11.3 Å². The molecule has 1 unspecified atom stereocenters. The van der Waals surface area contributed by atoms with Crippen molar-refractivity contribution < 1.29 is 28.1 Å². The fourth-order valence-electron chi connectivity index (χ4n) is 1.38. The molecule has 0 aliphatic heterocycles. The number of hydrogen-bond donors (Lipinski definition) is 3. The van der Waals surface area contributed by atoms with Gasteiger partial charge in [0.25, 0.3) is 0 Å². The van der Waals surface area contributed by atoms with E-state index in [1.54, 1.807) is 13.0 Å². The zero-order chi connectivity index (χ0) is 14.5. The summed E-state index contributed by atoms with van der Waals surface area (Å²) in [6, 6.07) is 4.44. The minimum atomic E-state index is -4.37. The molecule has 1 atom stereocenters. The number of anilines is 1. The molecule has 3 N–H and O–H groups in total. The summed E-state index contributed by atoms with van der Waals surface area (Å²) < 4.78 is 40.6. The molecule has 0 spiro atoms. The van der Waals surface area contributed by atoms with Crippen molar-refractivity contribution in [3.8, 4) is 5.75 Å². The van der Waals surface area contributed by atoms with E-state index in [2.05, 4.69) is 10.1 Å². The number of nitrogens with one attached hydrogen (secondary N) is 1. The first-order chi connectivity index (χ1) is 8.81. The lowest BCUT2D eigenvalue weighted by Crippen LogP contribution is -2.23. The van der Waals surface area contributed by atoms with Gasteiger partial charge in [0.05, 0.1) is 12.7 Å². The highest BCUT2D eigenvalue weighted by Gasteiger charge is 2.28. The van der Waals surface area contributed by atoms with Gasteiger partial charge < -0.3 is 20.3 Å². The summed E-state index contributed by atoms with van der Waals surface area (Å²) >= 11 is 0. The Labute approximate surface area is 108 Å². The first kappa shape index (κ1) is 15.6. The van der Waals surface area contributed by atoms with Gasteiger partial charge in [0, 0.05) is 12.2 Å². The average molecular weight is 279 g/mol. The van der Waals surface area contributed by atoms with Crippen molar-refractivity contribution in [1.82, 2.24) is 0 Å². The summed E-state index contributed by atoms with van der Waals surface area (Å²) in [6.45, 7) is 0.162. The second-order valence-electron chi connectivity index (χ2n) is 4.10. The number of aliphatic hydroxyl groups excluding tert-OH is 2. The number of ether oxygens (including phenoxy) is 1. The molecule has 1 aromatic rings. The minimum absolute atomic E-state index is 0.128. The van der Waals surface area contributed by atoms with Gasteiger partial charge in [-0.1, -0.05) is 0 Å². The lowest BCUT2D eigenvalue weighted by atomic mass is 10.2. The van der Waals surface area contributed by atoms with Gasteiger partial charge in [-0.25, -0.2) is 0 Å². The number of hydrogen-bond acceptors (Lipinski definition) is 4. The largest absolute Gasteiger partial charge is 0.484 e. The lowest BCUT2D eigenvalue weighted by Gasteiger charge is -2.14. The van der Waals surface area contributed by atoms with Crippen LogP contribution in [0, 0.1) is 6.92 Å². The van der Waals surface area contributed by atoms with E-state index in [9.17, 15) is 18.3 Å². The summed E-state index contributed by atoms with van der Waals surface area (Å²) in [7, 11) is 0. The maximum absolute atomic E-state index is 12.0. The standard InChI is InChI=1S/C12H16F3NO3/c1-8-4-10(19-7-12(13,14)15)2-3-11(8)16-5-9(18)6-17/h2-4,9,16-18H,5-7H2,1H3. The Morgan fingerprint density at radius 1 is 1.37 bits per heavy atom. The molecule has 0 radical (unpaired) electrons. The van der Waals surface area contributed by atoms with Crippen molar-refractivity contribution >= 4 is 5.69 Å². The number of aryl methyl sites for hydroxylation is 1. The predicted molar refractivity (Wildman–Crippen MR) is 64.3 cm³/mol. The topological polar surface area (TPSA) is 61.7 Å². The minimum Gasteiger partial charge on any atom is -0.484 e. The normalized spacial score (nSPS) is 13.2. The van der Waals surface area contributed by atoms with Crippen molar-refractivity contribution in [2.75, 3.05) is 25.1 Å². The highest BCUT2D eigenvalue weighted by molar-refractivity contribution is 5.53. The van der Waals surface area contributed by atoms with E-state index in [0.717, 1.165) is 0 Å². The van der Waals surface area contributed by atoms with Crippen LogP contribution in [0.5, 0.6) is 5.75 Å². The van der Waals surface area contributed by atoms with Crippen LogP contribution in [0.4, 0.5) is 18.9 Å². The van der Waals surface area contributed by atoms with E-state index in [1.165, 1.54) is 12.1 Å². The molecule has 1 rings (SSSR count). The fourth-order valence-corrected chi connectivity index (χ4v) is 1.38. The summed E-state index contributed by atoms with van der Waals surface area (Å²) in [5, 5.41) is 20.7. The number of aliphatic hydroxyl groups is 2. The molecule has 1 aromatic carbocycles. The van der Waals surface area contributed by atoms with Crippen molar-refractivity contribution in [1.29, 1.82) is 0 Å². The van der Waals surface area contributed by atoms with E-state index >= 15 is 0 Å². The summed E-state index contributed by atoms with van der Waals surface area (Å²) in [6.07, 6.45) is -5.25. The SMILES string of the molecule is Cc1cc(OCC(F)(F)F)ccc1NCC(O)CO. The van der Waals surface area contributed by atoms with E-state index in [1.807, 2.05) is 0 Å². The smallest absolute Gasteiger partial charge is 0.422 e. The Kier molecular flexibility index (Phi) is 5.44. The van der Waals surface area contributed by atoms with Crippen molar-refractivity contribution in [3.05, 3.63) is 23.8 Å². The van der Waals surface area contributed by atoms with E-state index in [-0.39, 0.29) is 18.9 Å². The molecule has 19 heavy (non-hydrogen) atoms. The maximum Gasteiger partial charge on any atom is 0.422 e. The Morgan fingerprint density at radius 2 is 2.05 bits per heavy atom. The number of benzene rings is 1. The van der Waals surface area contributed by atoms with Gasteiger partial charge >= 0.3 is 6.18 Å². The van der Waals surface area contributed by atoms with Crippen LogP contribution in [0.3, 0.4) is 0 Å². The van der Waals surface area contributed by atoms with E-state index in [4.69, 9.17) is 5.11 Å². The predicted octanol–water partition coefficient (Wildman–Crippen LogP) is 1.70. The third-order valence-electron chi connectivity index (χ3n) is 2.34. The van der Waals surface area contributed by atoms with Crippen LogP contribution in [-0.2, 0) is 0 Å². The Bertz CT molecular complexity index is 410. The van der Waals surface area contributed by atoms with Crippen molar-refractivity contribution in [2.24, 2.45) is 0 Å². The van der Waals surface area contributed by atoms with Gasteiger partial charge in [0.1, 0.15) is 5.75 Å². The molecular formula is C12H16F3NO3. The molecule has 108 valence electrons. The van der Waals surface area contributed by atoms with Crippen LogP contribution in [0.1, 0.15) is 5.56 Å². The van der Waals surface area contributed by atoms with Gasteiger partial charge in [0.15, 0.2) is 6.61 Å². The van der Waals surface area contributed by atoms with Crippen LogP contribution in [0.25, 0.3) is 0 Å². The van der Waals surface area contributed by atoms with E-state index < -0.39 is 18.9 Å². The molecule has 0 amide bonds. The summed E-state index contributed by atoms with van der Waals surface area (Å²) in [5.41, 5.74) is 1.34. The van der Waals surface area contributed by atoms with Crippen LogP contribution in [-0.4, -0.2) is 42.3 Å². The van der Waals surface area contributed by atoms with Gasteiger partial charge in [-0.2, -0.15) is 13.2 Å². The molecule has 0 aliphatic rings. The quantitative estimate of drug-likeness (QED) is 0.741. The number of halogens is 3. The molecule has 4 nitrogen and oxygen atoms in total. The number of alkyl halides is 3. The first-order valence-corrected chi connectivity index (χ1v) is 5.65. The molecule has 0 bridgehead atoms. The molecule has 0 fully saturated rings. The molecule has 0 aliphatic carbocycles. The van der Waals surface area contributed by atoms with Crippen LogP contribution in [0.2, 0.25) is 0 Å². The number of rotatable bonds is 6. The van der Waals surface area contributed by atoms with Gasteiger partial charge in [-0.3, -0.25) is 0 Å². The second kappa shape index (κ2) is 6.63. The summed E-state index contributed by atoms with van der Waals surface area (Å²) in [4.78, 5) is 0. The zero-order valence-electron chi connectivity index (χ0n) is 10.4. The van der Waals surface area contributed by atoms with Gasteiger partial charge in [-0.05, 0) is 30.7 Å². The zero-order valence-corrected chi connectivity index (χ0v) is 10.4. The Morgan fingerprint density at radius 3 is 2.58 bits per heavy atom. The molecule has 0 heterocycles. The molecular weight excluding hydrogens is 263 g/mol. The molecule has 0 saturated heterocycles. The second-order valence-corrected chi connectivity index (χ2v) is 4.10. The molecule has 7 heteroatoms. The maximum atomic E-state index is 12.0. The third-order valence-corrected chi connectivity index (χ3v) is 2.34. The highest BCUT2D eigenvalue weighted by atomic mass is 19.4. The Hall–Kier alpha value is -1.47. The van der Waals surface area contributed by atoms with Crippen LogP contribution < -0.4 is 10.1 Å². The van der Waals surface area contributed by atoms with Gasteiger partial charge in [0.2, 0.25) is 0 Å². The summed E-state index contributed by atoms with van der Waals surface area (Å²) in [5.74, 6) is 0.128. The van der Waals surface area contributed by atoms with Gasteiger partial charge in [-0.15, -0.1) is 0 Å². The van der Waals surface area contributed by atoms with Crippen molar-refractivity contribution in [3.63, 3.8) is 0 Å². The third kappa shape index (κ3) is 5.80. The molecule has 0 aromatic heterocycles. The Balaban J connectivity index is 2.59. The highest BCUT2D eigenvalue weighted by Crippen LogP contribution is 2.23. The lowest BCUT2D eigenvalue weighted by molar-refractivity contribution is -0.153. The van der Waals surface area contributed by atoms with Crippen LogP contribution >= 0.6 is 0 Å². The molecule has 0 saturated carbocycles.